The fourth-order valence-electron chi connectivity index (χ4n) is 1.82. The van der Waals surface area contributed by atoms with E-state index < -0.39 is 17.7 Å². The summed E-state index contributed by atoms with van der Waals surface area (Å²) in [6.07, 6.45) is 0. The molecule has 0 saturated carbocycles. The highest BCUT2D eigenvalue weighted by Gasteiger charge is 2.13. The minimum absolute atomic E-state index is 0.346. The zero-order valence-electron chi connectivity index (χ0n) is 10.2. The van der Waals surface area contributed by atoms with E-state index >= 15 is 0 Å². The summed E-state index contributed by atoms with van der Waals surface area (Å²) >= 11 is 5.99. The van der Waals surface area contributed by atoms with Gasteiger partial charge in [-0.25, -0.2) is 8.78 Å². The molecule has 0 fully saturated rings. The second-order valence-electron chi connectivity index (χ2n) is 4.07. The first-order valence-corrected chi connectivity index (χ1v) is 5.94. The molecule has 0 radical (unpaired) electrons. The van der Waals surface area contributed by atoms with Crippen molar-refractivity contribution in [2.45, 2.75) is 6.04 Å². The molecule has 0 spiro atoms. The minimum atomic E-state index is -0.662. The molecule has 0 saturated heterocycles. The Morgan fingerprint density at radius 1 is 1.05 bits per heavy atom. The fraction of sp³-hybridized carbons (Fsp3) is 0.143. The average molecular weight is 284 g/mol. The molecular formula is C14H12ClF2NO. The SMILES string of the molecule is COc1ccc(C(N)c2cc(F)cc(F)c2)cc1Cl. The summed E-state index contributed by atoms with van der Waals surface area (Å²) < 4.78 is 31.4. The van der Waals surface area contributed by atoms with Gasteiger partial charge < -0.3 is 10.5 Å². The number of rotatable bonds is 3. The van der Waals surface area contributed by atoms with Crippen molar-refractivity contribution < 1.29 is 13.5 Å². The largest absolute Gasteiger partial charge is 0.495 e. The van der Waals surface area contributed by atoms with E-state index in [-0.39, 0.29) is 0 Å². The number of hydrogen-bond donors (Lipinski definition) is 1. The van der Waals surface area contributed by atoms with Gasteiger partial charge in [0, 0.05) is 6.07 Å². The molecule has 0 aromatic heterocycles. The monoisotopic (exact) mass is 283 g/mol. The van der Waals surface area contributed by atoms with E-state index in [0.717, 1.165) is 6.07 Å². The van der Waals surface area contributed by atoms with Crippen LogP contribution in [0, 0.1) is 11.6 Å². The Kier molecular flexibility index (Phi) is 4.02. The van der Waals surface area contributed by atoms with E-state index in [9.17, 15) is 8.78 Å². The van der Waals surface area contributed by atoms with Crippen molar-refractivity contribution in [2.75, 3.05) is 7.11 Å². The summed E-state index contributed by atoms with van der Waals surface area (Å²) in [7, 11) is 1.50. The van der Waals surface area contributed by atoms with E-state index in [1.807, 2.05) is 0 Å². The number of nitrogens with two attached hydrogens (primary N) is 1. The van der Waals surface area contributed by atoms with E-state index in [1.165, 1.54) is 19.2 Å². The lowest BCUT2D eigenvalue weighted by Crippen LogP contribution is -2.12. The van der Waals surface area contributed by atoms with Crippen LogP contribution >= 0.6 is 11.6 Å². The van der Waals surface area contributed by atoms with Gasteiger partial charge in [0.15, 0.2) is 0 Å². The molecule has 0 bridgehead atoms. The Morgan fingerprint density at radius 3 is 2.21 bits per heavy atom. The Balaban J connectivity index is 2.38. The summed E-state index contributed by atoms with van der Waals surface area (Å²) in [5.41, 5.74) is 6.98. The normalized spacial score (nSPS) is 12.3. The number of benzene rings is 2. The lowest BCUT2D eigenvalue weighted by atomic mass is 9.99. The lowest BCUT2D eigenvalue weighted by Gasteiger charge is -2.14. The van der Waals surface area contributed by atoms with Gasteiger partial charge in [-0.1, -0.05) is 17.7 Å². The molecule has 5 heteroatoms. The molecule has 0 amide bonds. The molecule has 2 N–H and O–H groups in total. The standard InChI is InChI=1S/C14H12ClF2NO/c1-19-13-3-2-8(6-12(13)15)14(18)9-4-10(16)7-11(17)5-9/h2-7,14H,18H2,1H3. The highest BCUT2D eigenvalue weighted by Crippen LogP contribution is 2.29. The molecular weight excluding hydrogens is 272 g/mol. The first kappa shape index (κ1) is 13.8. The van der Waals surface area contributed by atoms with Crippen LogP contribution in [0.5, 0.6) is 5.75 Å². The first-order chi connectivity index (χ1) is 9.01. The van der Waals surface area contributed by atoms with E-state index in [1.54, 1.807) is 18.2 Å². The Hall–Kier alpha value is -1.65. The number of halogens is 3. The lowest BCUT2D eigenvalue weighted by molar-refractivity contribution is 0.415. The van der Waals surface area contributed by atoms with Crippen LogP contribution in [0.15, 0.2) is 36.4 Å². The van der Waals surface area contributed by atoms with Crippen LogP contribution in [-0.2, 0) is 0 Å². The number of methoxy groups -OCH3 is 1. The van der Waals surface area contributed by atoms with Gasteiger partial charge in [0.25, 0.3) is 0 Å². The molecule has 100 valence electrons. The van der Waals surface area contributed by atoms with Crippen molar-refractivity contribution in [3.05, 3.63) is 64.2 Å². The van der Waals surface area contributed by atoms with Crippen LogP contribution in [0.25, 0.3) is 0 Å². The fourth-order valence-corrected chi connectivity index (χ4v) is 2.09. The van der Waals surface area contributed by atoms with Crippen molar-refractivity contribution in [3.8, 4) is 5.75 Å². The zero-order chi connectivity index (χ0) is 14.0. The Morgan fingerprint density at radius 2 is 1.68 bits per heavy atom. The smallest absolute Gasteiger partial charge is 0.137 e. The number of hydrogen-bond acceptors (Lipinski definition) is 2. The second-order valence-corrected chi connectivity index (χ2v) is 4.48. The highest BCUT2D eigenvalue weighted by molar-refractivity contribution is 6.32. The van der Waals surface area contributed by atoms with Crippen LogP contribution in [0.3, 0.4) is 0 Å². The topological polar surface area (TPSA) is 35.2 Å². The molecule has 0 aliphatic carbocycles. The molecule has 0 aliphatic heterocycles. The maximum atomic E-state index is 13.2. The van der Waals surface area contributed by atoms with Crippen molar-refractivity contribution in [1.29, 1.82) is 0 Å². The van der Waals surface area contributed by atoms with Crippen molar-refractivity contribution >= 4 is 11.6 Å². The molecule has 2 aromatic rings. The van der Waals surface area contributed by atoms with Crippen LogP contribution in [-0.4, -0.2) is 7.11 Å². The van der Waals surface area contributed by atoms with Crippen molar-refractivity contribution in [3.63, 3.8) is 0 Å². The molecule has 1 atom stereocenters. The molecule has 2 nitrogen and oxygen atoms in total. The van der Waals surface area contributed by atoms with Crippen LogP contribution in [0.1, 0.15) is 17.2 Å². The van der Waals surface area contributed by atoms with Gasteiger partial charge >= 0.3 is 0 Å². The summed E-state index contributed by atoms with van der Waals surface area (Å²) in [4.78, 5) is 0. The predicted octanol–water partition coefficient (Wildman–Crippen LogP) is 3.67. The Labute approximate surface area is 114 Å². The molecule has 2 aromatic carbocycles. The quantitative estimate of drug-likeness (QED) is 0.933. The maximum Gasteiger partial charge on any atom is 0.137 e. The Bertz CT molecular complexity index is 584. The summed E-state index contributed by atoms with van der Waals surface area (Å²) in [5, 5.41) is 0.396. The van der Waals surface area contributed by atoms with Gasteiger partial charge in [-0.05, 0) is 35.4 Å². The van der Waals surface area contributed by atoms with Crippen LogP contribution in [0.4, 0.5) is 8.78 Å². The third-order valence-corrected chi connectivity index (χ3v) is 3.07. The van der Waals surface area contributed by atoms with Gasteiger partial charge in [-0.3, -0.25) is 0 Å². The maximum absolute atomic E-state index is 13.2. The molecule has 0 aliphatic rings. The predicted molar refractivity (Wildman–Crippen MR) is 70.4 cm³/mol. The van der Waals surface area contributed by atoms with Crippen molar-refractivity contribution in [1.82, 2.24) is 0 Å². The van der Waals surface area contributed by atoms with Gasteiger partial charge in [0.1, 0.15) is 17.4 Å². The summed E-state index contributed by atoms with van der Waals surface area (Å²) in [5.74, 6) is -0.807. The number of ether oxygens (including phenoxy) is 1. The molecule has 1 unspecified atom stereocenters. The molecule has 2 rings (SSSR count). The molecule has 19 heavy (non-hydrogen) atoms. The third-order valence-electron chi connectivity index (χ3n) is 2.78. The van der Waals surface area contributed by atoms with Crippen LogP contribution in [0.2, 0.25) is 5.02 Å². The average Bonchev–Trinajstić information content (AvgIpc) is 2.36. The third kappa shape index (κ3) is 3.03. The van der Waals surface area contributed by atoms with E-state index in [2.05, 4.69) is 0 Å². The van der Waals surface area contributed by atoms with Gasteiger partial charge in [0.05, 0.1) is 18.2 Å². The van der Waals surface area contributed by atoms with E-state index in [4.69, 9.17) is 22.1 Å². The first-order valence-electron chi connectivity index (χ1n) is 5.56. The van der Waals surface area contributed by atoms with E-state index in [0.29, 0.717) is 21.9 Å². The van der Waals surface area contributed by atoms with Crippen LogP contribution < -0.4 is 10.5 Å². The van der Waals surface area contributed by atoms with Gasteiger partial charge in [0.2, 0.25) is 0 Å². The van der Waals surface area contributed by atoms with Gasteiger partial charge in [-0.15, -0.1) is 0 Å². The zero-order valence-corrected chi connectivity index (χ0v) is 10.9. The molecule has 0 heterocycles. The highest BCUT2D eigenvalue weighted by atomic mass is 35.5. The second kappa shape index (κ2) is 5.55. The van der Waals surface area contributed by atoms with Crippen molar-refractivity contribution in [2.24, 2.45) is 5.73 Å². The van der Waals surface area contributed by atoms with Gasteiger partial charge in [-0.2, -0.15) is 0 Å². The summed E-state index contributed by atoms with van der Waals surface area (Å²) in [6, 6.07) is 7.53. The minimum Gasteiger partial charge on any atom is -0.495 e. The summed E-state index contributed by atoms with van der Waals surface area (Å²) in [6.45, 7) is 0.